The second-order valence-corrected chi connectivity index (χ2v) is 5.78. The Bertz CT molecular complexity index is 647. The first kappa shape index (κ1) is 11.4. The van der Waals surface area contributed by atoms with Crippen LogP contribution in [0, 0.1) is 0 Å². The fourth-order valence-corrected chi connectivity index (χ4v) is 3.80. The van der Waals surface area contributed by atoms with E-state index in [-0.39, 0.29) is 0 Å². The maximum Gasteiger partial charge on any atom is 0.150 e. The fraction of sp³-hybridized carbons (Fsp3) is 0.133. The summed E-state index contributed by atoms with van der Waals surface area (Å²) in [6.45, 7) is 0. The molecule has 2 nitrogen and oxygen atoms in total. The van der Waals surface area contributed by atoms with Crippen molar-refractivity contribution in [1.82, 2.24) is 0 Å². The van der Waals surface area contributed by atoms with Crippen LogP contribution < -0.4 is 0 Å². The number of fused-ring (bicyclic) bond motifs is 2. The molecule has 2 aromatic rings. The molecule has 1 atom stereocenters. The predicted molar refractivity (Wildman–Crippen MR) is 70.4 cm³/mol. The van der Waals surface area contributed by atoms with Gasteiger partial charge in [0.2, 0.25) is 0 Å². The molecule has 3 heteroatoms. The van der Waals surface area contributed by atoms with E-state index < -0.39 is 10.8 Å². The van der Waals surface area contributed by atoms with Gasteiger partial charge in [0.25, 0.3) is 0 Å². The molecule has 1 aliphatic heterocycles. The van der Waals surface area contributed by atoms with E-state index in [0.29, 0.717) is 5.56 Å². The van der Waals surface area contributed by atoms with Crippen molar-refractivity contribution in [1.29, 1.82) is 0 Å². The zero-order chi connectivity index (χ0) is 12.5. The maximum absolute atomic E-state index is 12.6. The van der Waals surface area contributed by atoms with Crippen LogP contribution in [0.25, 0.3) is 0 Å². The SMILES string of the molecule is O=Cc1ccc2c(c1)S(=O)c1ccccc1CC2. The van der Waals surface area contributed by atoms with Crippen molar-refractivity contribution in [2.45, 2.75) is 22.6 Å². The van der Waals surface area contributed by atoms with Crippen molar-refractivity contribution in [3.05, 3.63) is 59.2 Å². The van der Waals surface area contributed by atoms with Crippen molar-refractivity contribution in [2.24, 2.45) is 0 Å². The molecule has 0 saturated carbocycles. The van der Waals surface area contributed by atoms with E-state index in [4.69, 9.17) is 0 Å². The van der Waals surface area contributed by atoms with E-state index in [9.17, 15) is 9.00 Å². The van der Waals surface area contributed by atoms with Crippen molar-refractivity contribution < 1.29 is 9.00 Å². The molecule has 0 spiro atoms. The maximum atomic E-state index is 12.6. The van der Waals surface area contributed by atoms with Crippen molar-refractivity contribution >= 4 is 17.1 Å². The van der Waals surface area contributed by atoms with Crippen LogP contribution in [0.4, 0.5) is 0 Å². The monoisotopic (exact) mass is 256 g/mol. The number of benzene rings is 2. The molecule has 0 amide bonds. The lowest BCUT2D eigenvalue weighted by atomic mass is 10.0. The standard InChI is InChI=1S/C15H12O2S/c16-10-11-5-6-13-8-7-12-3-1-2-4-14(12)18(17)15(13)9-11/h1-6,9-10H,7-8H2. The van der Waals surface area contributed by atoms with Crippen LogP contribution >= 0.6 is 0 Å². The van der Waals surface area contributed by atoms with Crippen LogP contribution in [0.15, 0.2) is 52.3 Å². The number of carbonyl (C=O) groups excluding carboxylic acids is 1. The third-order valence-electron chi connectivity index (χ3n) is 3.26. The number of aldehydes is 1. The molecule has 0 saturated heterocycles. The van der Waals surface area contributed by atoms with Crippen molar-refractivity contribution in [3.8, 4) is 0 Å². The third kappa shape index (κ3) is 1.81. The molecule has 1 unspecified atom stereocenters. The molecule has 3 rings (SSSR count). The zero-order valence-electron chi connectivity index (χ0n) is 9.76. The summed E-state index contributed by atoms with van der Waals surface area (Å²) < 4.78 is 12.6. The number of hydrogen-bond donors (Lipinski definition) is 0. The summed E-state index contributed by atoms with van der Waals surface area (Å²) in [4.78, 5) is 12.5. The van der Waals surface area contributed by atoms with Crippen LogP contribution in [0.5, 0.6) is 0 Å². The topological polar surface area (TPSA) is 34.1 Å². The van der Waals surface area contributed by atoms with E-state index in [1.54, 1.807) is 12.1 Å². The fourth-order valence-electron chi connectivity index (χ4n) is 2.30. The lowest BCUT2D eigenvalue weighted by Gasteiger charge is -2.06. The van der Waals surface area contributed by atoms with Crippen LogP contribution in [-0.4, -0.2) is 10.5 Å². The zero-order valence-corrected chi connectivity index (χ0v) is 10.6. The summed E-state index contributed by atoms with van der Waals surface area (Å²) in [5, 5.41) is 0. The Balaban J connectivity index is 2.20. The average Bonchev–Trinajstić information content (AvgIpc) is 2.57. The van der Waals surface area contributed by atoms with Gasteiger partial charge in [0.05, 0.1) is 10.8 Å². The molecule has 1 heterocycles. The Morgan fingerprint density at radius 3 is 2.44 bits per heavy atom. The summed E-state index contributed by atoms with van der Waals surface area (Å²) in [5.41, 5.74) is 2.80. The summed E-state index contributed by atoms with van der Waals surface area (Å²) >= 11 is 0. The van der Waals surface area contributed by atoms with Gasteiger partial charge in [-0.3, -0.25) is 4.79 Å². The van der Waals surface area contributed by atoms with Gasteiger partial charge in [0.15, 0.2) is 0 Å². The van der Waals surface area contributed by atoms with Crippen LogP contribution in [0.1, 0.15) is 21.5 Å². The summed E-state index contributed by atoms with van der Waals surface area (Å²) in [6.07, 6.45) is 2.57. The van der Waals surface area contributed by atoms with Crippen LogP contribution in [0.3, 0.4) is 0 Å². The Labute approximate surface area is 108 Å². The van der Waals surface area contributed by atoms with Gasteiger partial charge in [0, 0.05) is 15.4 Å². The van der Waals surface area contributed by atoms with Crippen LogP contribution in [-0.2, 0) is 23.6 Å². The highest BCUT2D eigenvalue weighted by Gasteiger charge is 2.19. The lowest BCUT2D eigenvalue weighted by Crippen LogP contribution is -1.97. The van der Waals surface area contributed by atoms with Gasteiger partial charge in [-0.2, -0.15) is 0 Å². The highest BCUT2D eigenvalue weighted by atomic mass is 32.2. The molecule has 0 aromatic heterocycles. The first-order valence-electron chi connectivity index (χ1n) is 5.87. The summed E-state index contributed by atoms with van der Waals surface area (Å²) in [5.74, 6) is 0. The smallest absolute Gasteiger partial charge is 0.150 e. The lowest BCUT2D eigenvalue weighted by molar-refractivity contribution is 0.112. The minimum atomic E-state index is -1.18. The van der Waals surface area contributed by atoms with Gasteiger partial charge in [-0.15, -0.1) is 0 Å². The molecule has 1 aliphatic rings. The normalized spacial score (nSPS) is 17.4. The van der Waals surface area contributed by atoms with Gasteiger partial charge < -0.3 is 0 Å². The summed E-state index contributed by atoms with van der Waals surface area (Å²) in [7, 11) is -1.18. The largest absolute Gasteiger partial charge is 0.298 e. The second kappa shape index (κ2) is 4.50. The highest BCUT2D eigenvalue weighted by Crippen LogP contribution is 2.29. The van der Waals surface area contributed by atoms with Crippen LogP contribution in [0.2, 0.25) is 0 Å². The molecule has 90 valence electrons. The molecule has 0 aliphatic carbocycles. The Morgan fingerprint density at radius 2 is 1.67 bits per heavy atom. The van der Waals surface area contributed by atoms with Gasteiger partial charge in [0.1, 0.15) is 6.29 Å². The number of rotatable bonds is 1. The predicted octanol–water partition coefficient (Wildman–Crippen LogP) is 2.76. The van der Waals surface area contributed by atoms with E-state index in [2.05, 4.69) is 0 Å². The third-order valence-corrected chi connectivity index (χ3v) is 4.84. The number of carbonyl (C=O) groups is 1. The Hall–Kier alpha value is -1.74. The van der Waals surface area contributed by atoms with Crippen molar-refractivity contribution in [3.63, 3.8) is 0 Å². The molecule has 0 radical (unpaired) electrons. The first-order valence-corrected chi connectivity index (χ1v) is 7.02. The van der Waals surface area contributed by atoms with Crippen molar-refractivity contribution in [2.75, 3.05) is 0 Å². The second-order valence-electron chi connectivity index (χ2n) is 4.36. The van der Waals surface area contributed by atoms with E-state index >= 15 is 0 Å². The van der Waals surface area contributed by atoms with E-state index in [0.717, 1.165) is 40.0 Å². The molecular formula is C15H12O2S. The Morgan fingerprint density at radius 1 is 0.944 bits per heavy atom. The molecular weight excluding hydrogens is 244 g/mol. The van der Waals surface area contributed by atoms with Gasteiger partial charge >= 0.3 is 0 Å². The number of aryl methyl sites for hydroxylation is 2. The minimum absolute atomic E-state index is 0.585. The van der Waals surface area contributed by atoms with Gasteiger partial charge in [-0.1, -0.05) is 30.3 Å². The van der Waals surface area contributed by atoms with Gasteiger partial charge in [-0.05, 0) is 36.1 Å². The first-order chi connectivity index (χ1) is 8.79. The molecule has 0 fully saturated rings. The molecule has 18 heavy (non-hydrogen) atoms. The Kier molecular flexibility index (Phi) is 2.84. The average molecular weight is 256 g/mol. The van der Waals surface area contributed by atoms with E-state index in [1.165, 1.54) is 0 Å². The number of hydrogen-bond acceptors (Lipinski definition) is 2. The van der Waals surface area contributed by atoms with Gasteiger partial charge in [-0.25, -0.2) is 4.21 Å². The molecule has 2 aromatic carbocycles. The quantitative estimate of drug-likeness (QED) is 0.735. The molecule has 0 N–H and O–H groups in total. The summed E-state index contributed by atoms with van der Waals surface area (Å²) in [6, 6.07) is 13.3. The minimum Gasteiger partial charge on any atom is -0.298 e. The van der Waals surface area contributed by atoms with E-state index in [1.807, 2.05) is 30.3 Å². The highest BCUT2D eigenvalue weighted by molar-refractivity contribution is 7.85. The molecule has 0 bridgehead atoms.